The van der Waals surface area contributed by atoms with Crippen molar-refractivity contribution in [3.63, 3.8) is 0 Å². The van der Waals surface area contributed by atoms with E-state index in [1.54, 1.807) is 0 Å². The van der Waals surface area contributed by atoms with Crippen LogP contribution in [0.2, 0.25) is 0 Å². The highest BCUT2D eigenvalue weighted by molar-refractivity contribution is 7.45. The van der Waals surface area contributed by atoms with E-state index in [0.29, 0.717) is 6.61 Å². The second kappa shape index (κ2) is 7.51. The predicted molar refractivity (Wildman–Crippen MR) is 67.1 cm³/mol. The van der Waals surface area contributed by atoms with Crippen molar-refractivity contribution in [3.05, 3.63) is 30.3 Å². The van der Waals surface area contributed by atoms with Crippen molar-refractivity contribution >= 4 is 7.82 Å². The SMILES string of the molecule is CC(C)(CO)COc1ccccc1.O=P(O)(O)O. The molecule has 0 bridgehead atoms. The van der Waals surface area contributed by atoms with Crippen LogP contribution in [0.5, 0.6) is 5.75 Å². The Bertz CT molecular complexity index is 364. The minimum absolute atomic E-state index is 0.139. The van der Waals surface area contributed by atoms with Gasteiger partial charge in [0.2, 0.25) is 0 Å². The first-order valence-electron chi connectivity index (χ1n) is 5.21. The maximum absolute atomic E-state index is 8.99. The van der Waals surface area contributed by atoms with Gasteiger partial charge in [-0.1, -0.05) is 32.0 Å². The second-order valence-corrected chi connectivity index (χ2v) is 5.46. The number of ether oxygens (including phenoxy) is 1. The van der Waals surface area contributed by atoms with Gasteiger partial charge in [0.25, 0.3) is 0 Å². The Balaban J connectivity index is 0.000000494. The molecule has 0 radical (unpaired) electrons. The fourth-order valence-electron chi connectivity index (χ4n) is 0.841. The Morgan fingerprint density at radius 1 is 1.17 bits per heavy atom. The first-order valence-corrected chi connectivity index (χ1v) is 6.77. The van der Waals surface area contributed by atoms with Gasteiger partial charge in [0.1, 0.15) is 5.75 Å². The summed E-state index contributed by atoms with van der Waals surface area (Å²) in [5.41, 5.74) is -0.171. The van der Waals surface area contributed by atoms with Gasteiger partial charge in [-0.25, -0.2) is 4.57 Å². The summed E-state index contributed by atoms with van der Waals surface area (Å²) in [5.74, 6) is 0.851. The number of hydrogen-bond donors (Lipinski definition) is 4. The van der Waals surface area contributed by atoms with Crippen molar-refractivity contribution < 1.29 is 29.1 Å². The lowest BCUT2D eigenvalue weighted by Crippen LogP contribution is -2.25. The molecule has 0 aliphatic carbocycles. The molecule has 0 fully saturated rings. The molecular formula is C11H19O6P. The van der Waals surface area contributed by atoms with Crippen LogP contribution < -0.4 is 4.74 Å². The number of aliphatic hydroxyl groups is 1. The molecule has 104 valence electrons. The maximum Gasteiger partial charge on any atom is 0.466 e. The number of rotatable bonds is 4. The van der Waals surface area contributed by atoms with Crippen molar-refractivity contribution in [1.82, 2.24) is 0 Å². The van der Waals surface area contributed by atoms with Crippen molar-refractivity contribution in [3.8, 4) is 5.75 Å². The third kappa shape index (κ3) is 11.6. The Hall–Kier alpha value is -0.910. The third-order valence-corrected chi connectivity index (χ3v) is 1.80. The van der Waals surface area contributed by atoms with E-state index in [1.807, 2.05) is 44.2 Å². The lowest BCUT2D eigenvalue weighted by Gasteiger charge is -2.21. The zero-order chi connectivity index (χ0) is 14.2. The quantitative estimate of drug-likeness (QED) is 0.615. The first-order chi connectivity index (χ1) is 8.14. The minimum Gasteiger partial charge on any atom is -0.493 e. The van der Waals surface area contributed by atoms with Gasteiger partial charge in [0, 0.05) is 5.41 Å². The summed E-state index contributed by atoms with van der Waals surface area (Å²) in [6.07, 6.45) is 0. The number of aliphatic hydroxyl groups excluding tert-OH is 1. The van der Waals surface area contributed by atoms with E-state index in [1.165, 1.54) is 0 Å². The van der Waals surface area contributed by atoms with Gasteiger partial charge in [-0.3, -0.25) is 0 Å². The van der Waals surface area contributed by atoms with Gasteiger partial charge in [-0.2, -0.15) is 0 Å². The fraction of sp³-hybridized carbons (Fsp3) is 0.455. The summed E-state index contributed by atoms with van der Waals surface area (Å²) < 4.78 is 14.4. The topological polar surface area (TPSA) is 107 Å². The average Bonchev–Trinajstić information content (AvgIpc) is 2.26. The molecule has 0 atom stereocenters. The van der Waals surface area contributed by atoms with Crippen LogP contribution >= 0.6 is 7.82 Å². The average molecular weight is 278 g/mol. The molecule has 0 aliphatic rings. The molecule has 1 rings (SSSR count). The van der Waals surface area contributed by atoms with E-state index in [9.17, 15) is 0 Å². The molecule has 7 heteroatoms. The standard InChI is InChI=1S/C11H16O2.H3O4P/c1-11(2,8-12)9-13-10-6-4-3-5-7-10;1-5(2,3)4/h3-7,12H,8-9H2,1-2H3;(H3,1,2,3,4). The van der Waals surface area contributed by atoms with Crippen LogP contribution in [0, 0.1) is 5.41 Å². The van der Waals surface area contributed by atoms with E-state index >= 15 is 0 Å². The summed E-state index contributed by atoms with van der Waals surface area (Å²) in [4.78, 5) is 21.6. The highest BCUT2D eigenvalue weighted by Crippen LogP contribution is 2.25. The van der Waals surface area contributed by atoms with Crippen LogP contribution in [-0.2, 0) is 4.57 Å². The van der Waals surface area contributed by atoms with Crippen LogP contribution in [-0.4, -0.2) is 33.0 Å². The predicted octanol–water partition coefficient (Wildman–Crippen LogP) is 1.16. The van der Waals surface area contributed by atoms with Gasteiger partial charge in [0.15, 0.2) is 0 Å². The maximum atomic E-state index is 8.99. The molecule has 4 N–H and O–H groups in total. The Morgan fingerprint density at radius 3 is 2.00 bits per heavy atom. The number of para-hydroxylation sites is 1. The van der Waals surface area contributed by atoms with E-state index < -0.39 is 7.82 Å². The van der Waals surface area contributed by atoms with Crippen LogP contribution in [0.1, 0.15) is 13.8 Å². The number of benzene rings is 1. The zero-order valence-electron chi connectivity index (χ0n) is 10.4. The second-order valence-electron chi connectivity index (χ2n) is 4.44. The summed E-state index contributed by atoms with van der Waals surface area (Å²) in [5, 5.41) is 8.99. The van der Waals surface area contributed by atoms with Crippen molar-refractivity contribution in [1.29, 1.82) is 0 Å². The van der Waals surface area contributed by atoms with Crippen molar-refractivity contribution in [2.24, 2.45) is 5.41 Å². The normalized spacial score (nSPS) is 11.4. The van der Waals surface area contributed by atoms with Crippen LogP contribution in [0.15, 0.2) is 30.3 Å². The third-order valence-electron chi connectivity index (χ3n) is 1.80. The number of hydrogen-bond acceptors (Lipinski definition) is 3. The Kier molecular flexibility index (Phi) is 7.13. The molecule has 0 saturated heterocycles. The Labute approximate surface area is 106 Å². The molecular weight excluding hydrogens is 259 g/mol. The van der Waals surface area contributed by atoms with E-state index in [2.05, 4.69) is 0 Å². The van der Waals surface area contributed by atoms with E-state index in [-0.39, 0.29) is 12.0 Å². The van der Waals surface area contributed by atoms with Gasteiger partial charge in [-0.05, 0) is 12.1 Å². The van der Waals surface area contributed by atoms with E-state index in [4.69, 9.17) is 29.1 Å². The molecule has 0 unspecified atom stereocenters. The van der Waals surface area contributed by atoms with Gasteiger partial charge in [-0.15, -0.1) is 0 Å². The monoisotopic (exact) mass is 278 g/mol. The largest absolute Gasteiger partial charge is 0.493 e. The van der Waals surface area contributed by atoms with Crippen molar-refractivity contribution in [2.45, 2.75) is 13.8 Å². The zero-order valence-corrected chi connectivity index (χ0v) is 11.2. The highest BCUT2D eigenvalue weighted by Gasteiger charge is 2.17. The summed E-state index contributed by atoms with van der Waals surface area (Å²) in [7, 11) is -4.64. The molecule has 0 spiro atoms. The van der Waals surface area contributed by atoms with Crippen LogP contribution in [0.25, 0.3) is 0 Å². The van der Waals surface area contributed by atoms with Crippen LogP contribution in [0.4, 0.5) is 0 Å². The van der Waals surface area contributed by atoms with Gasteiger partial charge >= 0.3 is 7.82 Å². The molecule has 1 aromatic rings. The first kappa shape index (κ1) is 17.1. The summed E-state index contributed by atoms with van der Waals surface area (Å²) in [6.45, 7) is 4.61. The summed E-state index contributed by atoms with van der Waals surface area (Å²) >= 11 is 0. The molecule has 18 heavy (non-hydrogen) atoms. The van der Waals surface area contributed by atoms with Crippen molar-refractivity contribution in [2.75, 3.05) is 13.2 Å². The smallest absolute Gasteiger partial charge is 0.466 e. The number of phosphoric acid groups is 1. The van der Waals surface area contributed by atoms with Gasteiger partial charge in [0.05, 0.1) is 13.2 Å². The minimum atomic E-state index is -4.64. The lowest BCUT2D eigenvalue weighted by molar-refractivity contribution is 0.0976. The lowest BCUT2D eigenvalue weighted by atomic mass is 9.97. The molecule has 0 heterocycles. The summed E-state index contributed by atoms with van der Waals surface area (Å²) in [6, 6.07) is 9.63. The molecule has 0 aromatic heterocycles. The van der Waals surface area contributed by atoms with E-state index in [0.717, 1.165) is 5.75 Å². The molecule has 0 aliphatic heterocycles. The van der Waals surface area contributed by atoms with Crippen LogP contribution in [0.3, 0.4) is 0 Å². The molecule has 1 aromatic carbocycles. The fourth-order valence-corrected chi connectivity index (χ4v) is 0.841. The van der Waals surface area contributed by atoms with Gasteiger partial charge < -0.3 is 24.5 Å². The molecule has 0 saturated carbocycles. The molecule has 6 nitrogen and oxygen atoms in total. The highest BCUT2D eigenvalue weighted by atomic mass is 31.2. The molecule has 0 amide bonds. The Morgan fingerprint density at radius 2 is 1.61 bits per heavy atom.